The van der Waals surface area contributed by atoms with Crippen LogP contribution in [-0.2, 0) is 0 Å². The molecule has 0 amide bonds. The molecule has 0 fully saturated rings. The first kappa shape index (κ1) is 8.24. The van der Waals surface area contributed by atoms with Crippen molar-refractivity contribution >= 4 is 11.0 Å². The second-order valence-corrected chi connectivity index (χ2v) is 3.42. The summed E-state index contributed by atoms with van der Waals surface area (Å²) in [5.41, 5.74) is 4.45. The fourth-order valence-electron chi connectivity index (χ4n) is 1.69. The van der Waals surface area contributed by atoms with Gasteiger partial charge in [-0.1, -0.05) is 30.3 Å². The largest absolute Gasteiger partial charge is 0.345 e. The van der Waals surface area contributed by atoms with Gasteiger partial charge in [-0.15, -0.1) is 0 Å². The number of benzene rings is 2. The minimum atomic E-state index is 1.00. The highest BCUT2D eigenvalue weighted by Gasteiger charge is 1.99. The summed E-state index contributed by atoms with van der Waals surface area (Å²) in [6, 6.07) is 17.2. The van der Waals surface area contributed by atoms with Crippen molar-refractivity contribution in [3.05, 3.63) is 54.9 Å². The number of nitrogens with one attached hydrogen (secondary N) is 1. The molecule has 3 aromatic rings. The van der Waals surface area contributed by atoms with Gasteiger partial charge in [0.05, 0.1) is 17.4 Å². The van der Waals surface area contributed by atoms with E-state index < -0.39 is 0 Å². The average molecular weight is 193 g/mol. The van der Waals surface area contributed by atoms with Crippen LogP contribution in [-0.4, -0.2) is 9.97 Å². The van der Waals surface area contributed by atoms with Gasteiger partial charge in [0, 0.05) is 0 Å². The van der Waals surface area contributed by atoms with Gasteiger partial charge in [0.2, 0.25) is 0 Å². The van der Waals surface area contributed by atoms with Gasteiger partial charge in [0.15, 0.2) is 0 Å². The van der Waals surface area contributed by atoms with Crippen LogP contribution in [0.4, 0.5) is 0 Å². The Morgan fingerprint density at radius 3 is 2.73 bits per heavy atom. The molecule has 2 aromatic carbocycles. The van der Waals surface area contributed by atoms with Crippen LogP contribution >= 0.6 is 0 Å². The molecule has 2 heteroatoms. The number of imidazole rings is 1. The van der Waals surface area contributed by atoms with Gasteiger partial charge in [-0.3, -0.25) is 0 Å². The monoisotopic (exact) mass is 193 g/mol. The fraction of sp³-hybridized carbons (Fsp3) is 0. The first-order valence-electron chi connectivity index (χ1n) is 4.83. The summed E-state index contributed by atoms with van der Waals surface area (Å²) < 4.78 is 0. The van der Waals surface area contributed by atoms with Crippen molar-refractivity contribution in [1.82, 2.24) is 9.97 Å². The Bertz CT molecular complexity index is 582. The van der Waals surface area contributed by atoms with Crippen LogP contribution in [0.5, 0.6) is 0 Å². The third-order valence-corrected chi connectivity index (χ3v) is 2.47. The van der Waals surface area contributed by atoms with Gasteiger partial charge in [-0.25, -0.2) is 4.98 Å². The minimum Gasteiger partial charge on any atom is -0.345 e. The van der Waals surface area contributed by atoms with Crippen LogP contribution in [0.3, 0.4) is 0 Å². The molecule has 3 rings (SSSR count). The Morgan fingerprint density at radius 2 is 1.87 bits per heavy atom. The number of aromatic nitrogens is 2. The van der Waals surface area contributed by atoms with E-state index in [9.17, 15) is 0 Å². The third kappa shape index (κ3) is 1.40. The summed E-state index contributed by atoms with van der Waals surface area (Å²) in [7, 11) is 0. The molecule has 1 heterocycles. The molecule has 0 bridgehead atoms. The molecule has 0 aliphatic heterocycles. The average Bonchev–Trinajstić information content (AvgIpc) is 2.77. The van der Waals surface area contributed by atoms with Gasteiger partial charge in [-0.05, 0) is 29.3 Å². The van der Waals surface area contributed by atoms with E-state index in [0.717, 1.165) is 11.0 Å². The molecule has 0 aliphatic carbocycles. The zero-order valence-corrected chi connectivity index (χ0v) is 8.07. The Hall–Kier alpha value is -2.09. The normalized spacial score (nSPS) is 10.7. The van der Waals surface area contributed by atoms with Gasteiger partial charge in [0.25, 0.3) is 0 Å². The lowest BCUT2D eigenvalue weighted by atomic mass is 10.1. The Kier molecular flexibility index (Phi) is 1.78. The fourth-order valence-corrected chi connectivity index (χ4v) is 1.69. The van der Waals surface area contributed by atoms with Gasteiger partial charge >= 0.3 is 0 Å². The molecule has 71 valence electrons. The number of fused-ring (bicyclic) bond motifs is 1. The van der Waals surface area contributed by atoms with Crippen molar-refractivity contribution in [2.75, 3.05) is 0 Å². The van der Waals surface area contributed by atoms with Crippen molar-refractivity contribution in [2.45, 2.75) is 0 Å². The van der Waals surface area contributed by atoms with Crippen LogP contribution in [0.2, 0.25) is 0 Å². The van der Waals surface area contributed by atoms with Crippen LogP contribution < -0.4 is 0 Å². The van der Waals surface area contributed by atoms with Crippen LogP contribution in [0.25, 0.3) is 22.2 Å². The first-order chi connectivity index (χ1) is 7.43. The van der Waals surface area contributed by atoms with Crippen LogP contribution in [0.15, 0.2) is 48.8 Å². The summed E-state index contributed by atoms with van der Waals surface area (Å²) in [5.74, 6) is 0. The number of rotatable bonds is 1. The zero-order chi connectivity index (χ0) is 10.1. The van der Waals surface area contributed by atoms with Gasteiger partial charge in [-0.2, -0.15) is 0 Å². The summed E-state index contributed by atoms with van der Waals surface area (Å²) in [6.45, 7) is 0. The minimum absolute atomic E-state index is 1.00. The lowest BCUT2D eigenvalue weighted by Gasteiger charge is -2.00. The van der Waals surface area contributed by atoms with Crippen molar-refractivity contribution in [3.8, 4) is 11.1 Å². The molecule has 1 radical (unpaired) electrons. The third-order valence-electron chi connectivity index (χ3n) is 2.47. The molecule has 15 heavy (non-hydrogen) atoms. The van der Waals surface area contributed by atoms with E-state index >= 15 is 0 Å². The molecule has 1 aromatic heterocycles. The van der Waals surface area contributed by atoms with Crippen molar-refractivity contribution in [1.29, 1.82) is 0 Å². The topological polar surface area (TPSA) is 28.7 Å². The molecule has 0 unspecified atom stereocenters. The van der Waals surface area contributed by atoms with Crippen LogP contribution in [0, 0.1) is 6.07 Å². The molecule has 0 aliphatic rings. The number of H-pyrrole nitrogens is 1. The molecule has 0 saturated heterocycles. The summed E-state index contributed by atoms with van der Waals surface area (Å²) >= 11 is 0. The number of nitrogens with zero attached hydrogens (tertiary/aromatic N) is 1. The maximum atomic E-state index is 4.24. The van der Waals surface area contributed by atoms with E-state index in [1.165, 1.54) is 11.1 Å². The second kappa shape index (κ2) is 3.24. The molecular weight excluding hydrogens is 184 g/mol. The quantitative estimate of drug-likeness (QED) is 0.632. The van der Waals surface area contributed by atoms with E-state index in [1.54, 1.807) is 6.33 Å². The van der Waals surface area contributed by atoms with E-state index in [2.05, 4.69) is 28.2 Å². The van der Waals surface area contributed by atoms with Crippen molar-refractivity contribution in [2.24, 2.45) is 0 Å². The maximum absolute atomic E-state index is 4.24. The number of hydrogen-bond acceptors (Lipinski definition) is 1. The zero-order valence-electron chi connectivity index (χ0n) is 8.07. The summed E-state index contributed by atoms with van der Waals surface area (Å²) in [4.78, 5) is 7.32. The van der Waals surface area contributed by atoms with Gasteiger partial charge < -0.3 is 4.98 Å². The molecule has 2 nitrogen and oxygen atoms in total. The predicted molar refractivity (Wildman–Crippen MR) is 60.4 cm³/mol. The predicted octanol–water partition coefficient (Wildman–Crippen LogP) is 3.03. The SMILES string of the molecule is [c]1ccc(-c2ccc3[nH]cnc3c2)cc1. The molecule has 1 N–H and O–H groups in total. The maximum Gasteiger partial charge on any atom is 0.0931 e. The summed E-state index contributed by atoms with van der Waals surface area (Å²) in [5, 5.41) is 0. The lowest BCUT2D eigenvalue weighted by molar-refractivity contribution is 1.34. The second-order valence-electron chi connectivity index (χ2n) is 3.42. The lowest BCUT2D eigenvalue weighted by Crippen LogP contribution is -1.77. The summed E-state index contributed by atoms with van der Waals surface area (Å²) in [6.07, 6.45) is 1.72. The van der Waals surface area contributed by atoms with Gasteiger partial charge in [0.1, 0.15) is 0 Å². The highest BCUT2D eigenvalue weighted by atomic mass is 14.9. The highest BCUT2D eigenvalue weighted by Crippen LogP contribution is 2.21. The molecule has 0 atom stereocenters. The van der Waals surface area contributed by atoms with E-state index in [-0.39, 0.29) is 0 Å². The highest BCUT2D eigenvalue weighted by molar-refractivity contribution is 5.81. The van der Waals surface area contributed by atoms with Crippen molar-refractivity contribution < 1.29 is 0 Å². The van der Waals surface area contributed by atoms with Crippen molar-refractivity contribution in [3.63, 3.8) is 0 Å². The van der Waals surface area contributed by atoms with E-state index in [1.807, 2.05) is 30.3 Å². The Morgan fingerprint density at radius 1 is 1.00 bits per heavy atom. The van der Waals surface area contributed by atoms with E-state index in [4.69, 9.17) is 0 Å². The standard InChI is InChI=1S/C13H9N2/c1-2-4-10(5-3-1)11-6-7-12-13(8-11)15-9-14-12/h2-9H,(H,14,15). The first-order valence-corrected chi connectivity index (χ1v) is 4.83. The number of aromatic amines is 1. The Labute approximate surface area is 87.6 Å². The number of hydrogen-bond donors (Lipinski definition) is 1. The molecular formula is C13H9N2. The van der Waals surface area contributed by atoms with Crippen LogP contribution in [0.1, 0.15) is 0 Å². The van der Waals surface area contributed by atoms with E-state index in [0.29, 0.717) is 0 Å². The smallest absolute Gasteiger partial charge is 0.0931 e. The molecule has 0 spiro atoms. The molecule has 0 saturated carbocycles. The Balaban J connectivity index is 2.19.